The highest BCUT2D eigenvalue weighted by Crippen LogP contribution is 2.08. The number of ether oxygens (including phenoxy) is 2. The first-order valence-electron chi connectivity index (χ1n) is 5.38. The van der Waals surface area contributed by atoms with Gasteiger partial charge in [0.05, 0.1) is 5.56 Å². The molecule has 0 aliphatic rings. The van der Waals surface area contributed by atoms with E-state index in [1.807, 2.05) is 19.1 Å². The molecular formula is C12H13N3O3. The number of rotatable bonds is 4. The zero-order valence-corrected chi connectivity index (χ0v) is 10.1. The fraction of sp³-hybridized carbons (Fsp3) is 0.250. The molecule has 1 N–H and O–H groups in total. The van der Waals surface area contributed by atoms with E-state index in [0.717, 1.165) is 5.56 Å². The Hall–Kier alpha value is -2.21. The molecule has 2 rings (SSSR count). The molecule has 0 amide bonds. The van der Waals surface area contributed by atoms with Crippen molar-refractivity contribution in [2.45, 2.75) is 13.5 Å². The molecule has 0 aliphatic heterocycles. The van der Waals surface area contributed by atoms with Gasteiger partial charge in [-0.15, -0.1) is 5.10 Å². The summed E-state index contributed by atoms with van der Waals surface area (Å²) in [6.45, 7) is 2.23. The number of aromatic amines is 1. The number of esters is 1. The van der Waals surface area contributed by atoms with E-state index in [-0.39, 0.29) is 12.6 Å². The summed E-state index contributed by atoms with van der Waals surface area (Å²) in [5.41, 5.74) is 1.53. The van der Waals surface area contributed by atoms with Crippen LogP contribution in [0.1, 0.15) is 21.7 Å². The summed E-state index contributed by atoms with van der Waals surface area (Å²) in [5.74, 6) is 0.0159. The number of carbonyl (C=O) groups excluding carboxylic acids is 1. The highest BCUT2D eigenvalue weighted by Gasteiger charge is 2.11. The van der Waals surface area contributed by atoms with E-state index in [9.17, 15) is 4.79 Å². The second-order valence-corrected chi connectivity index (χ2v) is 3.75. The maximum atomic E-state index is 11.7. The molecule has 18 heavy (non-hydrogen) atoms. The van der Waals surface area contributed by atoms with E-state index in [1.54, 1.807) is 19.2 Å². The number of aromatic nitrogens is 3. The number of nitrogens with one attached hydrogen (secondary N) is 1. The number of nitrogens with zero attached hydrogens (tertiary/aromatic N) is 2. The Morgan fingerprint density at radius 3 is 2.72 bits per heavy atom. The third kappa shape index (κ3) is 2.92. The minimum absolute atomic E-state index is 0.00683. The first-order valence-corrected chi connectivity index (χ1v) is 5.38. The van der Waals surface area contributed by atoms with Crippen molar-refractivity contribution in [3.05, 3.63) is 41.2 Å². The Morgan fingerprint density at radius 1 is 1.33 bits per heavy atom. The second-order valence-electron chi connectivity index (χ2n) is 3.75. The van der Waals surface area contributed by atoms with Crippen molar-refractivity contribution in [1.29, 1.82) is 0 Å². The van der Waals surface area contributed by atoms with Crippen LogP contribution in [-0.4, -0.2) is 28.3 Å². The van der Waals surface area contributed by atoms with Crippen molar-refractivity contribution in [2.24, 2.45) is 0 Å². The van der Waals surface area contributed by atoms with E-state index in [2.05, 4.69) is 15.2 Å². The topological polar surface area (TPSA) is 77.1 Å². The fourth-order valence-electron chi connectivity index (χ4n) is 1.36. The summed E-state index contributed by atoms with van der Waals surface area (Å²) in [6, 6.07) is 7.06. The number of H-pyrrole nitrogens is 1. The molecule has 2 aromatic rings. The number of carbonyl (C=O) groups is 1. The van der Waals surface area contributed by atoms with E-state index >= 15 is 0 Å². The predicted molar refractivity (Wildman–Crippen MR) is 63.2 cm³/mol. The van der Waals surface area contributed by atoms with Crippen LogP contribution >= 0.6 is 0 Å². The molecule has 0 fully saturated rings. The number of methoxy groups -OCH3 is 1. The molecule has 0 saturated heterocycles. The van der Waals surface area contributed by atoms with Crippen LogP contribution < -0.4 is 4.74 Å². The summed E-state index contributed by atoms with van der Waals surface area (Å²) in [5, 5.41) is 6.37. The van der Waals surface area contributed by atoms with Crippen molar-refractivity contribution >= 4 is 5.97 Å². The highest BCUT2D eigenvalue weighted by atomic mass is 16.5. The van der Waals surface area contributed by atoms with Crippen molar-refractivity contribution in [2.75, 3.05) is 7.11 Å². The van der Waals surface area contributed by atoms with Gasteiger partial charge < -0.3 is 9.47 Å². The van der Waals surface area contributed by atoms with Crippen LogP contribution in [0.4, 0.5) is 0 Å². The quantitative estimate of drug-likeness (QED) is 0.828. The Labute approximate surface area is 104 Å². The highest BCUT2D eigenvalue weighted by molar-refractivity contribution is 5.90. The molecule has 0 spiro atoms. The van der Waals surface area contributed by atoms with E-state index in [0.29, 0.717) is 11.4 Å². The predicted octanol–water partition coefficient (Wildman–Crippen LogP) is 1.48. The molecule has 0 saturated carbocycles. The molecule has 0 atom stereocenters. The normalized spacial score (nSPS) is 10.3. The molecule has 6 heteroatoms. The van der Waals surface area contributed by atoms with Crippen LogP contribution in [0.3, 0.4) is 0 Å². The number of aryl methyl sites for hydroxylation is 1. The van der Waals surface area contributed by atoms with Gasteiger partial charge in [0, 0.05) is 7.11 Å². The summed E-state index contributed by atoms with van der Waals surface area (Å²) in [7, 11) is 1.54. The third-order valence-corrected chi connectivity index (χ3v) is 2.26. The van der Waals surface area contributed by atoms with Gasteiger partial charge in [-0.1, -0.05) is 17.7 Å². The molecule has 1 heterocycles. The van der Waals surface area contributed by atoms with Crippen LogP contribution in [0.5, 0.6) is 6.01 Å². The van der Waals surface area contributed by atoms with E-state index in [1.165, 1.54) is 0 Å². The van der Waals surface area contributed by atoms with E-state index < -0.39 is 5.97 Å². The molecule has 94 valence electrons. The van der Waals surface area contributed by atoms with Gasteiger partial charge >= 0.3 is 12.0 Å². The lowest BCUT2D eigenvalue weighted by atomic mass is 10.2. The van der Waals surface area contributed by atoms with Crippen molar-refractivity contribution < 1.29 is 14.3 Å². The lowest BCUT2D eigenvalue weighted by Gasteiger charge is -1.99. The van der Waals surface area contributed by atoms with Crippen molar-refractivity contribution in [1.82, 2.24) is 15.2 Å². The minimum atomic E-state index is -0.488. The lowest BCUT2D eigenvalue weighted by molar-refractivity contribution is 0.0719. The first-order chi connectivity index (χ1) is 8.69. The molecule has 0 bridgehead atoms. The average Bonchev–Trinajstić information content (AvgIpc) is 2.78. The van der Waals surface area contributed by atoms with Gasteiger partial charge in [-0.2, -0.15) is 4.98 Å². The molecule has 0 unspecified atom stereocenters. The maximum absolute atomic E-state index is 11.7. The largest absolute Gasteiger partial charge is 0.386 e. The standard InChI is InChI=1S/C12H13N3O3/c1-8-3-5-9(6-4-8)11(16)18-12-13-10(7-17-2)14-15-12/h3-6H,7H2,1-2H3,(H,13,14,15). The first kappa shape index (κ1) is 12.3. The zero-order chi connectivity index (χ0) is 13.0. The van der Waals surface area contributed by atoms with Gasteiger partial charge in [0.25, 0.3) is 0 Å². The van der Waals surface area contributed by atoms with Gasteiger partial charge in [-0.3, -0.25) is 5.10 Å². The average molecular weight is 247 g/mol. The lowest BCUT2D eigenvalue weighted by Crippen LogP contribution is -2.09. The van der Waals surface area contributed by atoms with Crippen LogP contribution in [-0.2, 0) is 11.3 Å². The Kier molecular flexibility index (Phi) is 3.69. The molecular weight excluding hydrogens is 234 g/mol. The van der Waals surface area contributed by atoms with Crippen molar-refractivity contribution in [3.8, 4) is 6.01 Å². The van der Waals surface area contributed by atoms with Crippen LogP contribution in [0, 0.1) is 6.92 Å². The number of hydrogen-bond acceptors (Lipinski definition) is 5. The molecule has 1 aromatic heterocycles. The van der Waals surface area contributed by atoms with Gasteiger partial charge in [0.15, 0.2) is 5.82 Å². The maximum Gasteiger partial charge on any atom is 0.345 e. The number of hydrogen-bond donors (Lipinski definition) is 1. The molecule has 0 radical (unpaired) electrons. The fourth-order valence-corrected chi connectivity index (χ4v) is 1.36. The SMILES string of the molecule is COCc1nc(OC(=O)c2ccc(C)cc2)n[nH]1. The smallest absolute Gasteiger partial charge is 0.345 e. The Morgan fingerprint density at radius 2 is 2.06 bits per heavy atom. The Bertz CT molecular complexity index is 534. The monoisotopic (exact) mass is 247 g/mol. The molecule has 0 aliphatic carbocycles. The Balaban J connectivity index is 2.04. The van der Waals surface area contributed by atoms with Gasteiger partial charge in [-0.05, 0) is 19.1 Å². The summed E-state index contributed by atoms with van der Waals surface area (Å²) >= 11 is 0. The van der Waals surface area contributed by atoms with Crippen LogP contribution in [0.25, 0.3) is 0 Å². The summed E-state index contributed by atoms with van der Waals surface area (Å²) in [6.07, 6.45) is 0. The summed E-state index contributed by atoms with van der Waals surface area (Å²) < 4.78 is 9.89. The van der Waals surface area contributed by atoms with Crippen molar-refractivity contribution in [3.63, 3.8) is 0 Å². The minimum Gasteiger partial charge on any atom is -0.386 e. The van der Waals surface area contributed by atoms with E-state index in [4.69, 9.17) is 9.47 Å². The van der Waals surface area contributed by atoms with Gasteiger partial charge in [-0.25, -0.2) is 4.79 Å². The molecule has 1 aromatic carbocycles. The number of benzene rings is 1. The summed E-state index contributed by atoms with van der Waals surface area (Å²) in [4.78, 5) is 15.7. The molecule has 6 nitrogen and oxygen atoms in total. The van der Waals surface area contributed by atoms with Crippen LogP contribution in [0.15, 0.2) is 24.3 Å². The van der Waals surface area contributed by atoms with Gasteiger partial charge in [0.1, 0.15) is 6.61 Å². The third-order valence-electron chi connectivity index (χ3n) is 2.26. The second kappa shape index (κ2) is 5.42. The van der Waals surface area contributed by atoms with Gasteiger partial charge in [0.2, 0.25) is 0 Å². The zero-order valence-electron chi connectivity index (χ0n) is 10.1. The van der Waals surface area contributed by atoms with Crippen LogP contribution in [0.2, 0.25) is 0 Å².